The number of methoxy groups -OCH3 is 1. The number of carbonyl (C=O) groups excluding carboxylic acids is 1. The van der Waals surface area contributed by atoms with E-state index < -0.39 is 5.97 Å². The van der Waals surface area contributed by atoms with Crippen LogP contribution in [0.4, 0.5) is 0 Å². The van der Waals surface area contributed by atoms with Crippen LogP contribution in [0.15, 0.2) is 84.0 Å². The number of rotatable bonds is 10. The van der Waals surface area contributed by atoms with E-state index in [1.165, 1.54) is 24.8 Å². The number of aromatic nitrogens is 1. The van der Waals surface area contributed by atoms with E-state index >= 15 is 0 Å². The summed E-state index contributed by atoms with van der Waals surface area (Å²) in [4.78, 5) is 16.9. The molecule has 0 atom stereocenters. The maximum Gasteiger partial charge on any atom is 0.341 e. The fourth-order valence-electron chi connectivity index (χ4n) is 3.62. The van der Waals surface area contributed by atoms with Crippen LogP contribution in [0.3, 0.4) is 0 Å². The van der Waals surface area contributed by atoms with E-state index in [0.29, 0.717) is 25.4 Å². The molecule has 0 bridgehead atoms. The molecule has 0 aliphatic heterocycles. The first kappa shape index (κ1) is 22.9. The van der Waals surface area contributed by atoms with Gasteiger partial charge < -0.3 is 24.0 Å². The van der Waals surface area contributed by atoms with Crippen molar-refractivity contribution < 1.29 is 24.2 Å². The van der Waals surface area contributed by atoms with Crippen molar-refractivity contribution in [1.82, 2.24) is 4.57 Å². The number of oxime groups is 1. The van der Waals surface area contributed by atoms with Crippen LogP contribution < -0.4 is 4.74 Å². The van der Waals surface area contributed by atoms with E-state index in [0.717, 1.165) is 23.1 Å². The highest BCUT2D eigenvalue weighted by atomic mass is 16.6. The summed E-state index contributed by atoms with van der Waals surface area (Å²) >= 11 is 0. The fraction of sp³-hybridized carbons (Fsp3) is 0.185. The van der Waals surface area contributed by atoms with E-state index in [2.05, 4.69) is 44.8 Å². The molecule has 4 rings (SSSR count). The lowest BCUT2D eigenvalue weighted by atomic mass is 10.2. The molecule has 0 radical (unpaired) electrons. The van der Waals surface area contributed by atoms with Crippen LogP contribution in [0.5, 0.6) is 11.5 Å². The fourth-order valence-corrected chi connectivity index (χ4v) is 3.62. The lowest BCUT2D eigenvalue weighted by Gasteiger charge is -2.09. The zero-order chi connectivity index (χ0) is 23.8. The first-order valence-electron chi connectivity index (χ1n) is 11.0. The lowest BCUT2D eigenvalue weighted by Crippen LogP contribution is -2.05. The smallest absolute Gasteiger partial charge is 0.341 e. The Morgan fingerprint density at radius 2 is 1.79 bits per heavy atom. The predicted molar refractivity (Wildman–Crippen MR) is 131 cm³/mol. The summed E-state index contributed by atoms with van der Waals surface area (Å²) in [6.45, 7) is 1.49. The van der Waals surface area contributed by atoms with Gasteiger partial charge in [0, 0.05) is 29.9 Å². The lowest BCUT2D eigenvalue weighted by molar-refractivity contribution is 0.0597. The molecule has 0 aliphatic carbocycles. The number of carbonyl (C=O) groups is 1. The van der Waals surface area contributed by atoms with E-state index in [1.54, 1.807) is 12.3 Å². The maximum absolute atomic E-state index is 11.5. The average Bonchev–Trinajstić information content (AvgIpc) is 3.21. The minimum Gasteiger partial charge on any atom is -0.507 e. The largest absolute Gasteiger partial charge is 0.507 e. The van der Waals surface area contributed by atoms with Gasteiger partial charge in [-0.25, -0.2) is 4.79 Å². The highest BCUT2D eigenvalue weighted by Gasteiger charge is 2.12. The molecule has 174 valence electrons. The van der Waals surface area contributed by atoms with Gasteiger partial charge in [-0.1, -0.05) is 53.7 Å². The van der Waals surface area contributed by atoms with Gasteiger partial charge in [-0.15, -0.1) is 0 Å². The Labute approximate surface area is 197 Å². The molecule has 0 saturated heterocycles. The van der Waals surface area contributed by atoms with Crippen molar-refractivity contribution in [2.45, 2.75) is 13.0 Å². The van der Waals surface area contributed by atoms with E-state index in [4.69, 9.17) is 9.57 Å². The first-order chi connectivity index (χ1) is 16.7. The van der Waals surface area contributed by atoms with Crippen LogP contribution in [0.25, 0.3) is 10.9 Å². The number of hydrogen-bond donors (Lipinski definition) is 1. The number of hydrogen-bond acceptors (Lipinski definition) is 6. The summed E-state index contributed by atoms with van der Waals surface area (Å²) in [5, 5.41) is 15.2. The van der Waals surface area contributed by atoms with Crippen molar-refractivity contribution in [3.63, 3.8) is 0 Å². The van der Waals surface area contributed by atoms with Crippen molar-refractivity contribution in [1.29, 1.82) is 0 Å². The van der Waals surface area contributed by atoms with Gasteiger partial charge in [-0.05, 0) is 29.8 Å². The molecule has 3 aromatic carbocycles. The number of fused-ring (bicyclic) bond motifs is 1. The molecular formula is C27H26N2O5. The zero-order valence-corrected chi connectivity index (χ0v) is 18.9. The molecule has 0 aliphatic rings. The molecule has 0 amide bonds. The molecule has 0 saturated carbocycles. The van der Waals surface area contributed by atoms with Gasteiger partial charge in [0.1, 0.15) is 23.7 Å². The number of aromatic hydroxyl groups is 1. The van der Waals surface area contributed by atoms with Gasteiger partial charge in [-0.2, -0.15) is 0 Å². The molecule has 34 heavy (non-hydrogen) atoms. The van der Waals surface area contributed by atoms with Gasteiger partial charge >= 0.3 is 5.97 Å². The second-order valence-corrected chi connectivity index (χ2v) is 7.64. The van der Waals surface area contributed by atoms with Crippen LogP contribution in [-0.4, -0.2) is 42.2 Å². The number of ether oxygens (including phenoxy) is 2. The van der Waals surface area contributed by atoms with Crippen molar-refractivity contribution in [3.8, 4) is 11.5 Å². The minimum absolute atomic E-state index is 0.0946. The number of esters is 1. The highest BCUT2D eigenvalue weighted by molar-refractivity contribution is 5.92. The molecule has 7 nitrogen and oxygen atoms in total. The molecule has 0 fully saturated rings. The van der Waals surface area contributed by atoms with Crippen LogP contribution in [0.1, 0.15) is 28.0 Å². The van der Waals surface area contributed by atoms with E-state index in [-0.39, 0.29) is 11.3 Å². The molecule has 4 aromatic rings. The monoisotopic (exact) mass is 458 g/mol. The Bertz CT molecular complexity index is 1280. The number of benzene rings is 3. The second-order valence-electron chi connectivity index (χ2n) is 7.64. The Morgan fingerprint density at radius 1 is 1.00 bits per heavy atom. The summed E-state index contributed by atoms with van der Waals surface area (Å²) in [6, 6.07) is 25.1. The molecule has 1 heterocycles. The Morgan fingerprint density at radius 3 is 2.59 bits per heavy atom. The van der Waals surface area contributed by atoms with Gasteiger partial charge in [0.2, 0.25) is 0 Å². The second kappa shape index (κ2) is 11.0. The van der Waals surface area contributed by atoms with Gasteiger partial charge in [0.05, 0.1) is 25.6 Å². The molecular weight excluding hydrogens is 432 g/mol. The molecule has 0 unspecified atom stereocenters. The first-order valence-corrected chi connectivity index (χ1v) is 11.0. The third kappa shape index (κ3) is 5.56. The summed E-state index contributed by atoms with van der Waals surface area (Å²) in [6.07, 6.45) is 2.33. The molecule has 1 aromatic heterocycles. The molecule has 7 heteroatoms. The quantitative estimate of drug-likeness (QED) is 0.156. The maximum atomic E-state index is 11.5. The summed E-state index contributed by atoms with van der Waals surface area (Å²) < 4.78 is 12.4. The van der Waals surface area contributed by atoms with Crippen molar-refractivity contribution in [2.24, 2.45) is 5.16 Å². The zero-order valence-electron chi connectivity index (χ0n) is 18.9. The van der Waals surface area contributed by atoms with Crippen LogP contribution in [0.2, 0.25) is 0 Å². The summed E-state index contributed by atoms with van der Waals surface area (Å²) in [5.41, 5.74) is 3.41. The number of nitrogens with zero attached hydrogens (tertiary/aromatic N) is 2. The number of phenolic OH excluding ortho intramolecular Hbond substituents is 1. The standard InChI is InChI=1S/C27H26N2O5/c1-32-27(31)24-13-12-23(17-26(24)30)33-14-7-15-34-28-18-22-16-21-10-5-6-11-25(21)29(22)19-20-8-3-2-4-9-20/h2-6,8-13,16-18,30H,7,14-15,19H2,1H3/b28-18-. The van der Waals surface area contributed by atoms with E-state index in [1.807, 2.05) is 30.3 Å². The Hall–Kier alpha value is -4.26. The van der Waals surface area contributed by atoms with E-state index in [9.17, 15) is 9.90 Å². The SMILES string of the molecule is COC(=O)c1ccc(OCCCO/N=C\c2cc3ccccc3n2Cc2ccccc2)cc1O. The van der Waals surface area contributed by atoms with Crippen LogP contribution in [0, 0.1) is 0 Å². The topological polar surface area (TPSA) is 82.3 Å². The number of para-hydroxylation sites is 1. The molecule has 0 spiro atoms. The Balaban J connectivity index is 1.30. The van der Waals surface area contributed by atoms with Crippen molar-refractivity contribution in [3.05, 3.63) is 95.7 Å². The van der Waals surface area contributed by atoms with Gasteiger partial charge in [0.25, 0.3) is 0 Å². The third-order valence-electron chi connectivity index (χ3n) is 5.31. The van der Waals surface area contributed by atoms with Crippen molar-refractivity contribution >= 4 is 23.1 Å². The van der Waals surface area contributed by atoms with Gasteiger partial charge in [0.15, 0.2) is 0 Å². The van der Waals surface area contributed by atoms with Crippen LogP contribution >= 0.6 is 0 Å². The average molecular weight is 459 g/mol. The minimum atomic E-state index is -0.599. The number of phenols is 1. The highest BCUT2D eigenvalue weighted by Crippen LogP contribution is 2.24. The summed E-state index contributed by atoms with van der Waals surface area (Å²) in [5.74, 6) is -0.326. The van der Waals surface area contributed by atoms with Crippen molar-refractivity contribution in [2.75, 3.05) is 20.3 Å². The third-order valence-corrected chi connectivity index (χ3v) is 5.31. The van der Waals surface area contributed by atoms with Gasteiger partial charge in [-0.3, -0.25) is 0 Å². The Kier molecular flexibility index (Phi) is 7.45. The predicted octanol–water partition coefficient (Wildman–Crippen LogP) is 5.00. The van der Waals surface area contributed by atoms with Crippen LogP contribution in [-0.2, 0) is 16.1 Å². The normalized spacial score (nSPS) is 11.1. The summed E-state index contributed by atoms with van der Waals surface area (Å²) in [7, 11) is 1.26. The molecule has 1 N–H and O–H groups in total.